The van der Waals surface area contributed by atoms with Crippen LogP contribution in [0.2, 0.25) is 5.02 Å². The maximum atomic E-state index is 12.7. The highest BCUT2D eigenvalue weighted by Gasteiger charge is 2.31. The molecule has 1 atom stereocenters. The molecule has 3 rings (SSSR count). The maximum Gasteiger partial charge on any atom is 0.265 e. The molecule has 1 amide bonds. The first-order chi connectivity index (χ1) is 13.3. The number of hydrogen-bond donors (Lipinski definition) is 1. The van der Waals surface area contributed by atoms with Crippen molar-refractivity contribution < 1.29 is 17.9 Å². The lowest BCUT2D eigenvalue weighted by molar-refractivity contribution is -0.122. The Morgan fingerprint density at radius 2 is 2.04 bits per heavy atom. The van der Waals surface area contributed by atoms with Crippen molar-refractivity contribution >= 4 is 38.9 Å². The molecule has 0 spiro atoms. The van der Waals surface area contributed by atoms with Gasteiger partial charge in [0, 0.05) is 23.7 Å². The second-order valence-corrected chi connectivity index (χ2v) is 8.71. The van der Waals surface area contributed by atoms with Gasteiger partial charge in [-0.3, -0.25) is 9.10 Å². The Balaban J connectivity index is 1.81. The van der Waals surface area contributed by atoms with E-state index in [0.29, 0.717) is 22.8 Å². The molecule has 0 aliphatic carbocycles. The summed E-state index contributed by atoms with van der Waals surface area (Å²) in [6.45, 7) is 0.0887. The summed E-state index contributed by atoms with van der Waals surface area (Å²) in [5.74, 6) is -0.110. The average molecular weight is 420 g/mol. The van der Waals surface area contributed by atoms with Crippen LogP contribution in [0.25, 0.3) is 0 Å². The van der Waals surface area contributed by atoms with Gasteiger partial charge in [0.05, 0.1) is 24.4 Å². The molecule has 1 aliphatic heterocycles. The molecule has 2 aromatic carbocycles. The van der Waals surface area contributed by atoms with Crippen molar-refractivity contribution in [1.82, 2.24) is 0 Å². The lowest BCUT2D eigenvalue weighted by Gasteiger charge is -2.21. The van der Waals surface area contributed by atoms with Gasteiger partial charge in [0.2, 0.25) is 10.0 Å². The number of nitriles is 1. The van der Waals surface area contributed by atoms with E-state index < -0.39 is 16.1 Å². The summed E-state index contributed by atoms with van der Waals surface area (Å²) in [4.78, 5) is 12.7. The Bertz CT molecular complexity index is 1030. The number of amides is 1. The Labute approximate surface area is 168 Å². The van der Waals surface area contributed by atoms with Gasteiger partial charge in [-0.2, -0.15) is 5.26 Å². The second-order valence-electron chi connectivity index (χ2n) is 6.36. The smallest absolute Gasteiger partial charge is 0.265 e. The van der Waals surface area contributed by atoms with Gasteiger partial charge in [0.15, 0.2) is 6.10 Å². The number of fused-ring (bicyclic) bond motifs is 1. The number of carbonyl (C=O) groups excluding carboxylic acids is 1. The minimum absolute atomic E-state index is 0.0887. The summed E-state index contributed by atoms with van der Waals surface area (Å²) in [7, 11) is -3.56. The van der Waals surface area contributed by atoms with E-state index in [-0.39, 0.29) is 24.6 Å². The Morgan fingerprint density at radius 3 is 2.68 bits per heavy atom. The first-order valence-corrected chi connectivity index (χ1v) is 10.7. The average Bonchev–Trinajstić information content (AvgIpc) is 2.82. The van der Waals surface area contributed by atoms with Crippen molar-refractivity contribution in [2.45, 2.75) is 18.9 Å². The van der Waals surface area contributed by atoms with Gasteiger partial charge in [0.25, 0.3) is 5.91 Å². The van der Waals surface area contributed by atoms with Crippen LogP contribution in [0.15, 0.2) is 42.5 Å². The van der Waals surface area contributed by atoms with Crippen molar-refractivity contribution in [1.29, 1.82) is 5.26 Å². The van der Waals surface area contributed by atoms with Gasteiger partial charge in [-0.05, 0) is 35.9 Å². The first kappa shape index (κ1) is 20.0. The topological polar surface area (TPSA) is 99.5 Å². The normalized spacial score (nSPS) is 16.3. The number of hydrogen-bond acceptors (Lipinski definition) is 5. The quantitative estimate of drug-likeness (QED) is 0.821. The molecular weight excluding hydrogens is 402 g/mol. The number of nitrogens with zero attached hydrogens (tertiary/aromatic N) is 2. The predicted octanol–water partition coefficient (Wildman–Crippen LogP) is 2.96. The molecule has 1 aliphatic rings. The van der Waals surface area contributed by atoms with Crippen molar-refractivity contribution in [2.75, 3.05) is 22.4 Å². The highest BCUT2D eigenvalue weighted by atomic mass is 35.5. The van der Waals surface area contributed by atoms with E-state index in [2.05, 4.69) is 11.4 Å². The number of rotatable bonds is 4. The molecule has 0 aromatic heterocycles. The zero-order valence-corrected chi connectivity index (χ0v) is 16.6. The van der Waals surface area contributed by atoms with E-state index in [1.165, 1.54) is 10.4 Å². The third kappa shape index (κ3) is 4.55. The highest BCUT2D eigenvalue weighted by Crippen LogP contribution is 2.36. The number of carbonyl (C=O) groups is 1. The minimum Gasteiger partial charge on any atom is -0.478 e. The van der Waals surface area contributed by atoms with Crippen molar-refractivity contribution in [3.8, 4) is 11.8 Å². The van der Waals surface area contributed by atoms with E-state index in [4.69, 9.17) is 21.6 Å². The van der Waals surface area contributed by atoms with Gasteiger partial charge in [-0.15, -0.1) is 0 Å². The maximum absolute atomic E-state index is 12.7. The van der Waals surface area contributed by atoms with Gasteiger partial charge >= 0.3 is 0 Å². The number of ether oxygens (including phenoxy) is 1. The van der Waals surface area contributed by atoms with Crippen LogP contribution in [-0.2, 0) is 21.2 Å². The second kappa shape index (κ2) is 8.09. The Hall–Kier alpha value is -2.76. The van der Waals surface area contributed by atoms with Gasteiger partial charge in [0.1, 0.15) is 5.75 Å². The molecule has 1 heterocycles. The summed E-state index contributed by atoms with van der Waals surface area (Å²) < 4.78 is 31.3. The monoisotopic (exact) mass is 419 g/mol. The molecule has 146 valence electrons. The molecular formula is C19H18ClN3O4S. The largest absolute Gasteiger partial charge is 0.478 e. The lowest BCUT2D eigenvalue weighted by Crippen LogP contribution is -2.35. The Kier molecular flexibility index (Phi) is 5.77. The standard InChI is InChI=1S/C19H18ClN3O4S/c1-28(25,26)23-11-9-18(27-17-7-4-14(20)12-16(17)23)19(24)22-15-5-2-13(3-6-15)8-10-21/h2-7,12,18H,8-9,11H2,1H3,(H,22,24). The number of anilines is 2. The molecule has 0 fully saturated rings. The third-order valence-electron chi connectivity index (χ3n) is 4.25. The number of benzene rings is 2. The van der Waals surface area contributed by atoms with Gasteiger partial charge < -0.3 is 10.1 Å². The van der Waals surface area contributed by atoms with E-state index in [0.717, 1.165) is 11.8 Å². The molecule has 9 heteroatoms. The third-order valence-corrected chi connectivity index (χ3v) is 5.67. The van der Waals surface area contributed by atoms with Crippen molar-refractivity contribution in [3.05, 3.63) is 53.1 Å². The van der Waals surface area contributed by atoms with E-state index >= 15 is 0 Å². The summed E-state index contributed by atoms with van der Waals surface area (Å²) in [5.41, 5.74) is 1.72. The predicted molar refractivity (Wildman–Crippen MR) is 107 cm³/mol. The lowest BCUT2D eigenvalue weighted by atomic mass is 10.1. The zero-order valence-electron chi connectivity index (χ0n) is 15.1. The fourth-order valence-electron chi connectivity index (χ4n) is 2.90. The number of halogens is 1. The Morgan fingerprint density at radius 1 is 1.32 bits per heavy atom. The molecule has 1 N–H and O–H groups in total. The molecule has 28 heavy (non-hydrogen) atoms. The summed E-state index contributed by atoms with van der Waals surface area (Å²) in [5, 5.41) is 11.9. The van der Waals surface area contributed by atoms with Gasteiger partial charge in [-0.1, -0.05) is 23.7 Å². The van der Waals surface area contributed by atoms with Crippen LogP contribution in [0.1, 0.15) is 12.0 Å². The van der Waals surface area contributed by atoms with Crippen LogP contribution < -0.4 is 14.4 Å². The molecule has 0 saturated carbocycles. The first-order valence-electron chi connectivity index (χ1n) is 8.48. The molecule has 1 unspecified atom stereocenters. The van der Waals surface area contributed by atoms with E-state index in [9.17, 15) is 13.2 Å². The van der Waals surface area contributed by atoms with Crippen LogP contribution >= 0.6 is 11.6 Å². The molecule has 0 radical (unpaired) electrons. The minimum atomic E-state index is -3.56. The molecule has 7 nitrogen and oxygen atoms in total. The van der Waals surface area contributed by atoms with E-state index in [1.807, 2.05) is 0 Å². The molecule has 2 aromatic rings. The zero-order chi connectivity index (χ0) is 20.3. The SMILES string of the molecule is CS(=O)(=O)N1CCC(C(=O)Nc2ccc(CC#N)cc2)Oc2ccc(Cl)cc21. The fourth-order valence-corrected chi connectivity index (χ4v) is 4.00. The highest BCUT2D eigenvalue weighted by molar-refractivity contribution is 7.92. The van der Waals surface area contributed by atoms with Crippen LogP contribution in [0.5, 0.6) is 5.75 Å². The van der Waals surface area contributed by atoms with Crippen LogP contribution in [0.3, 0.4) is 0 Å². The van der Waals surface area contributed by atoms with Crippen LogP contribution in [-0.4, -0.2) is 33.2 Å². The molecule has 0 bridgehead atoms. The number of sulfonamides is 1. The summed E-state index contributed by atoms with van der Waals surface area (Å²) >= 11 is 6.01. The fraction of sp³-hybridized carbons (Fsp3) is 0.263. The van der Waals surface area contributed by atoms with Gasteiger partial charge in [-0.25, -0.2) is 8.42 Å². The summed E-state index contributed by atoms with van der Waals surface area (Å²) in [6.07, 6.45) is 0.699. The molecule has 0 saturated heterocycles. The van der Waals surface area contributed by atoms with Crippen LogP contribution in [0.4, 0.5) is 11.4 Å². The van der Waals surface area contributed by atoms with Crippen molar-refractivity contribution in [2.24, 2.45) is 0 Å². The number of nitrogens with one attached hydrogen (secondary N) is 1. The van der Waals surface area contributed by atoms with Crippen molar-refractivity contribution in [3.63, 3.8) is 0 Å². The van der Waals surface area contributed by atoms with Crippen LogP contribution in [0, 0.1) is 11.3 Å². The van der Waals surface area contributed by atoms with E-state index in [1.54, 1.807) is 36.4 Å². The summed E-state index contributed by atoms with van der Waals surface area (Å²) in [6, 6.07) is 13.6.